The molecule has 116 valence electrons. The van der Waals surface area contributed by atoms with Gasteiger partial charge in [-0.1, -0.05) is 55.5 Å². The van der Waals surface area contributed by atoms with Gasteiger partial charge in [0.25, 0.3) is 5.60 Å². The number of carbonyl (C=O) groups is 2. The summed E-state index contributed by atoms with van der Waals surface area (Å²) in [6, 6.07) is 7.93. The fraction of sp³-hybridized carbons (Fsp3) is 0.467. The van der Waals surface area contributed by atoms with E-state index < -0.39 is 25.6 Å². The SMILES string of the molecule is CC[Si](C)(C)c1ccc(C(O)(C(=O)OC)C(=O)OC)cc1. The van der Waals surface area contributed by atoms with E-state index in [0.717, 1.165) is 20.3 Å². The molecule has 1 N–H and O–H groups in total. The molecule has 0 bridgehead atoms. The second kappa shape index (κ2) is 6.40. The highest BCUT2D eigenvalue weighted by atomic mass is 28.3. The van der Waals surface area contributed by atoms with E-state index in [2.05, 4.69) is 29.5 Å². The Morgan fingerprint density at radius 2 is 1.52 bits per heavy atom. The molecule has 0 amide bonds. The quantitative estimate of drug-likeness (QED) is 0.502. The van der Waals surface area contributed by atoms with Gasteiger partial charge >= 0.3 is 11.9 Å². The van der Waals surface area contributed by atoms with Crippen molar-refractivity contribution in [3.05, 3.63) is 29.8 Å². The fourth-order valence-corrected chi connectivity index (χ4v) is 3.46. The maximum Gasteiger partial charge on any atom is 0.354 e. The molecule has 0 radical (unpaired) electrons. The van der Waals surface area contributed by atoms with Gasteiger partial charge in [-0.15, -0.1) is 0 Å². The Kier molecular flexibility index (Phi) is 5.30. The lowest BCUT2D eigenvalue weighted by molar-refractivity contribution is -0.181. The summed E-state index contributed by atoms with van der Waals surface area (Å²) >= 11 is 0. The van der Waals surface area contributed by atoms with Crippen LogP contribution in [-0.2, 0) is 24.7 Å². The maximum atomic E-state index is 11.8. The Labute approximate surface area is 125 Å². The predicted octanol–water partition coefficient (Wildman–Crippen LogP) is 1.16. The molecule has 1 aromatic rings. The number of hydrogen-bond donors (Lipinski definition) is 1. The Morgan fingerprint density at radius 1 is 1.10 bits per heavy atom. The highest BCUT2D eigenvalue weighted by Gasteiger charge is 2.48. The molecule has 0 spiro atoms. The molecule has 5 nitrogen and oxygen atoms in total. The third-order valence-electron chi connectivity index (χ3n) is 3.93. The highest BCUT2D eigenvalue weighted by molar-refractivity contribution is 6.89. The van der Waals surface area contributed by atoms with Gasteiger partial charge in [-0.05, 0) is 0 Å². The van der Waals surface area contributed by atoms with E-state index in [1.54, 1.807) is 12.1 Å². The van der Waals surface area contributed by atoms with E-state index >= 15 is 0 Å². The van der Waals surface area contributed by atoms with Crippen LogP contribution in [0.4, 0.5) is 0 Å². The summed E-state index contributed by atoms with van der Waals surface area (Å²) in [5.41, 5.74) is -2.29. The number of methoxy groups -OCH3 is 2. The first-order chi connectivity index (χ1) is 9.73. The fourth-order valence-electron chi connectivity index (χ4n) is 1.98. The topological polar surface area (TPSA) is 72.8 Å². The summed E-state index contributed by atoms with van der Waals surface area (Å²) in [6.45, 7) is 6.60. The number of carbonyl (C=O) groups excluding carboxylic acids is 2. The van der Waals surface area contributed by atoms with Gasteiger partial charge in [0, 0.05) is 5.56 Å². The summed E-state index contributed by atoms with van der Waals surface area (Å²) < 4.78 is 9.06. The predicted molar refractivity (Wildman–Crippen MR) is 82.0 cm³/mol. The van der Waals surface area contributed by atoms with Crippen LogP contribution in [0.5, 0.6) is 0 Å². The smallest absolute Gasteiger partial charge is 0.354 e. The Bertz CT molecular complexity index is 505. The molecule has 0 aromatic heterocycles. The zero-order valence-corrected chi connectivity index (χ0v) is 14.1. The van der Waals surface area contributed by atoms with Crippen LogP contribution >= 0.6 is 0 Å². The number of rotatable bonds is 5. The first kappa shape index (κ1) is 17.4. The van der Waals surface area contributed by atoms with Gasteiger partial charge in [-0.25, -0.2) is 9.59 Å². The number of aliphatic hydroxyl groups is 1. The second-order valence-corrected chi connectivity index (χ2v) is 10.6. The van der Waals surface area contributed by atoms with Gasteiger partial charge in [-0.3, -0.25) is 0 Å². The zero-order valence-electron chi connectivity index (χ0n) is 13.1. The average Bonchev–Trinajstić information content (AvgIpc) is 2.52. The van der Waals surface area contributed by atoms with Crippen molar-refractivity contribution in [3.63, 3.8) is 0 Å². The van der Waals surface area contributed by atoms with Gasteiger partial charge in [0.2, 0.25) is 0 Å². The average molecular weight is 310 g/mol. The first-order valence-corrected chi connectivity index (χ1v) is 9.95. The highest BCUT2D eigenvalue weighted by Crippen LogP contribution is 2.24. The van der Waals surface area contributed by atoms with Crippen molar-refractivity contribution < 1.29 is 24.2 Å². The maximum absolute atomic E-state index is 11.8. The monoisotopic (exact) mass is 310 g/mol. The van der Waals surface area contributed by atoms with Crippen molar-refractivity contribution in [1.82, 2.24) is 0 Å². The van der Waals surface area contributed by atoms with Gasteiger partial charge in [-0.2, -0.15) is 0 Å². The van der Waals surface area contributed by atoms with Crippen LogP contribution in [0, 0.1) is 0 Å². The number of esters is 2. The van der Waals surface area contributed by atoms with E-state index in [4.69, 9.17) is 0 Å². The molecule has 0 aliphatic rings. The summed E-state index contributed by atoms with van der Waals surface area (Å²) in [6.07, 6.45) is 0. The van der Waals surface area contributed by atoms with E-state index in [0.29, 0.717) is 0 Å². The third-order valence-corrected chi connectivity index (χ3v) is 7.59. The number of benzene rings is 1. The molecule has 0 atom stereocenters. The molecule has 0 heterocycles. The van der Waals surface area contributed by atoms with Crippen LogP contribution in [0.2, 0.25) is 19.1 Å². The number of hydrogen-bond acceptors (Lipinski definition) is 5. The van der Waals surface area contributed by atoms with Crippen LogP contribution in [-0.4, -0.2) is 39.3 Å². The molecule has 0 saturated heterocycles. The van der Waals surface area contributed by atoms with Crippen LogP contribution in [0.15, 0.2) is 24.3 Å². The molecule has 0 saturated carbocycles. The lowest BCUT2D eigenvalue weighted by atomic mass is 9.94. The largest absolute Gasteiger partial charge is 0.466 e. The first-order valence-electron chi connectivity index (χ1n) is 6.74. The van der Waals surface area contributed by atoms with Gasteiger partial charge < -0.3 is 14.6 Å². The molecule has 1 aromatic carbocycles. The van der Waals surface area contributed by atoms with Gasteiger partial charge in [0.15, 0.2) is 0 Å². The van der Waals surface area contributed by atoms with Crippen molar-refractivity contribution in [3.8, 4) is 0 Å². The molecule has 0 aliphatic heterocycles. The minimum Gasteiger partial charge on any atom is -0.466 e. The van der Waals surface area contributed by atoms with Crippen LogP contribution in [0.1, 0.15) is 12.5 Å². The summed E-state index contributed by atoms with van der Waals surface area (Å²) in [7, 11) is 0.697. The van der Waals surface area contributed by atoms with Crippen molar-refractivity contribution in [2.75, 3.05) is 14.2 Å². The van der Waals surface area contributed by atoms with E-state index in [-0.39, 0.29) is 5.56 Å². The molecule has 6 heteroatoms. The van der Waals surface area contributed by atoms with E-state index in [9.17, 15) is 14.7 Å². The normalized spacial score (nSPS) is 11.9. The molecule has 21 heavy (non-hydrogen) atoms. The van der Waals surface area contributed by atoms with E-state index in [1.807, 2.05) is 12.1 Å². The van der Waals surface area contributed by atoms with Crippen molar-refractivity contribution in [2.24, 2.45) is 0 Å². The van der Waals surface area contributed by atoms with E-state index in [1.165, 1.54) is 5.19 Å². The summed E-state index contributed by atoms with van der Waals surface area (Å²) in [5.74, 6) is -2.12. The molecular formula is C15H22O5Si. The Morgan fingerprint density at radius 3 is 1.86 bits per heavy atom. The molecule has 0 aliphatic carbocycles. The standard InChI is InChI=1S/C15H22O5Si/c1-6-21(4,5)12-9-7-11(8-10-12)15(18,13(16)19-2)14(17)20-3/h7-10,18H,6H2,1-5H3. The van der Waals surface area contributed by atoms with Crippen molar-refractivity contribution >= 4 is 25.2 Å². The molecule has 0 fully saturated rings. The van der Waals surface area contributed by atoms with Crippen LogP contribution < -0.4 is 5.19 Å². The van der Waals surface area contributed by atoms with Crippen LogP contribution in [0.25, 0.3) is 0 Å². The van der Waals surface area contributed by atoms with Gasteiger partial charge in [0.05, 0.1) is 22.3 Å². The minimum absolute atomic E-state index is 0.144. The zero-order chi connectivity index (χ0) is 16.3. The van der Waals surface area contributed by atoms with Crippen molar-refractivity contribution in [1.29, 1.82) is 0 Å². The van der Waals surface area contributed by atoms with Crippen molar-refractivity contribution in [2.45, 2.75) is 31.7 Å². The second-order valence-electron chi connectivity index (χ2n) is 5.51. The van der Waals surface area contributed by atoms with Crippen LogP contribution in [0.3, 0.4) is 0 Å². The number of ether oxygens (including phenoxy) is 2. The molecule has 1 rings (SSSR count). The summed E-state index contributed by atoms with van der Waals surface area (Å²) in [4.78, 5) is 23.6. The minimum atomic E-state index is -2.43. The van der Waals surface area contributed by atoms with Gasteiger partial charge in [0.1, 0.15) is 0 Å². The lowest BCUT2D eigenvalue weighted by Crippen LogP contribution is -2.46. The molecule has 0 unspecified atom stereocenters. The molecular weight excluding hydrogens is 288 g/mol. The lowest BCUT2D eigenvalue weighted by Gasteiger charge is -2.25. The Hall–Kier alpha value is -1.66. The summed E-state index contributed by atoms with van der Waals surface area (Å²) in [5, 5.41) is 11.6. The Balaban J connectivity index is 3.29. The third kappa shape index (κ3) is 3.16.